The van der Waals surface area contributed by atoms with Gasteiger partial charge in [0.2, 0.25) is 0 Å². The predicted octanol–water partition coefficient (Wildman–Crippen LogP) is 7.91. The Morgan fingerprint density at radius 1 is 0.980 bits per heavy atom. The SMILES string of the molecule is Cc1ccc(N=C(CC(=N)C(C)(C)C)NC(=O)NC2CCC(Oc3ccc(=N)n(C(=N)CC4CCN(CC(F)F)CC4)c3)c3ccccc32)cc1. The maximum atomic E-state index is 13.4. The van der Waals surface area contributed by atoms with Crippen LogP contribution in [0.2, 0.25) is 0 Å². The summed E-state index contributed by atoms with van der Waals surface area (Å²) in [6, 6.07) is 18.2. The van der Waals surface area contributed by atoms with Crippen molar-refractivity contribution in [3.63, 3.8) is 0 Å². The Hall–Kier alpha value is -4.71. The molecule has 1 aliphatic carbocycles. The second kappa shape index (κ2) is 16.5. The van der Waals surface area contributed by atoms with Gasteiger partial charge in [0, 0.05) is 18.6 Å². The zero-order valence-electron chi connectivity index (χ0n) is 29.9. The van der Waals surface area contributed by atoms with Crippen LogP contribution in [-0.4, -0.2) is 58.9 Å². The summed E-state index contributed by atoms with van der Waals surface area (Å²) >= 11 is 0. The number of hydrogen-bond donors (Lipinski definition) is 5. The minimum absolute atomic E-state index is 0.171. The second-order valence-corrected chi connectivity index (χ2v) is 14.7. The molecule has 0 radical (unpaired) electrons. The summed E-state index contributed by atoms with van der Waals surface area (Å²) in [4.78, 5) is 19.9. The van der Waals surface area contributed by atoms with Crippen LogP contribution >= 0.6 is 0 Å². The van der Waals surface area contributed by atoms with Crippen LogP contribution in [0.5, 0.6) is 5.75 Å². The van der Waals surface area contributed by atoms with Gasteiger partial charge in [0.1, 0.15) is 29.0 Å². The molecule has 2 aromatic carbocycles. The molecule has 5 N–H and O–H groups in total. The molecule has 2 atom stereocenters. The molecule has 1 fully saturated rings. The molecular formula is C39H50F2N8O2. The zero-order valence-corrected chi connectivity index (χ0v) is 29.9. The van der Waals surface area contributed by atoms with Gasteiger partial charge in [0.25, 0.3) is 6.43 Å². The Morgan fingerprint density at radius 2 is 1.67 bits per heavy atom. The number of aliphatic imine (C=N–C) groups is 1. The van der Waals surface area contributed by atoms with E-state index >= 15 is 0 Å². The maximum absolute atomic E-state index is 13.4. The quantitative estimate of drug-likeness (QED) is 0.108. The van der Waals surface area contributed by atoms with Crippen LogP contribution < -0.4 is 20.9 Å². The van der Waals surface area contributed by atoms with Gasteiger partial charge >= 0.3 is 6.03 Å². The number of rotatable bonds is 10. The first kappa shape index (κ1) is 37.5. The number of aryl methyl sites for hydroxylation is 1. The number of alkyl halides is 2. The standard InChI is InChI=1S/C39H50F2N8O2/c1-25-9-11-27(12-10-25)45-37(22-33(42)39(2,3)4)47-38(50)46-31-14-15-32(30-8-6-5-7-29(30)31)51-28-13-16-35(43)49(23-28)36(44)21-26-17-19-48(20-18-26)24-34(40)41/h5-13,16,23,26,31-32,34,42-44H,14-15,17-22,24H2,1-4H3,(H2,45,46,47,50). The summed E-state index contributed by atoms with van der Waals surface area (Å²) in [6.45, 7) is 8.87. The number of amidine groups is 1. The molecule has 51 heavy (non-hydrogen) atoms. The Labute approximate surface area is 298 Å². The van der Waals surface area contributed by atoms with Crippen molar-refractivity contribution in [2.75, 3.05) is 19.6 Å². The fourth-order valence-electron chi connectivity index (χ4n) is 6.55. The monoisotopic (exact) mass is 700 g/mol. The van der Waals surface area contributed by atoms with Crippen LogP contribution in [0.3, 0.4) is 0 Å². The van der Waals surface area contributed by atoms with Crippen molar-refractivity contribution in [2.24, 2.45) is 16.3 Å². The van der Waals surface area contributed by atoms with Crippen LogP contribution in [-0.2, 0) is 0 Å². The molecule has 1 aliphatic heterocycles. The minimum Gasteiger partial charge on any atom is -0.484 e. The first-order chi connectivity index (χ1) is 24.2. The van der Waals surface area contributed by atoms with E-state index in [9.17, 15) is 13.6 Å². The molecule has 272 valence electrons. The molecule has 0 saturated carbocycles. The number of piperidine rings is 1. The lowest BCUT2D eigenvalue weighted by atomic mass is 9.85. The summed E-state index contributed by atoms with van der Waals surface area (Å²) < 4.78 is 33.6. The molecule has 3 aromatic rings. The highest BCUT2D eigenvalue weighted by atomic mass is 19.3. The zero-order chi connectivity index (χ0) is 36.7. The van der Waals surface area contributed by atoms with Crippen LogP contribution in [0.1, 0.15) is 88.1 Å². The Bertz CT molecular complexity index is 1790. The first-order valence-corrected chi connectivity index (χ1v) is 17.7. The van der Waals surface area contributed by atoms with E-state index in [1.807, 2.05) is 76.2 Å². The van der Waals surface area contributed by atoms with Gasteiger partial charge in [-0.1, -0.05) is 62.7 Å². The number of hydrogen-bond acceptors (Lipinski definition) is 7. The molecule has 12 heteroatoms. The Balaban J connectivity index is 1.25. The van der Waals surface area contributed by atoms with Crippen LogP contribution in [0.4, 0.5) is 19.3 Å². The van der Waals surface area contributed by atoms with E-state index in [1.165, 1.54) is 4.57 Å². The number of nitrogens with zero attached hydrogens (tertiary/aromatic N) is 3. The molecule has 1 aromatic heterocycles. The van der Waals surface area contributed by atoms with E-state index in [2.05, 4.69) is 15.6 Å². The second-order valence-electron chi connectivity index (χ2n) is 14.7. The number of urea groups is 1. The van der Waals surface area contributed by atoms with E-state index in [0.717, 1.165) is 29.5 Å². The van der Waals surface area contributed by atoms with E-state index in [0.29, 0.717) is 55.3 Å². The number of aromatic nitrogens is 1. The van der Waals surface area contributed by atoms with E-state index in [-0.39, 0.29) is 47.8 Å². The molecule has 1 saturated heterocycles. The summed E-state index contributed by atoms with van der Waals surface area (Å²) in [5.41, 5.74) is 3.95. The molecule has 10 nitrogen and oxygen atoms in total. The lowest BCUT2D eigenvalue weighted by Gasteiger charge is -2.33. The highest BCUT2D eigenvalue weighted by molar-refractivity contribution is 6.09. The van der Waals surface area contributed by atoms with Gasteiger partial charge in [0.05, 0.1) is 24.5 Å². The number of amides is 2. The summed E-state index contributed by atoms with van der Waals surface area (Å²) in [7, 11) is 0. The fraction of sp³-hybridized carbons (Fsp3) is 0.462. The predicted molar refractivity (Wildman–Crippen MR) is 197 cm³/mol. The van der Waals surface area contributed by atoms with Crippen LogP contribution in [0.15, 0.2) is 71.9 Å². The summed E-state index contributed by atoms with van der Waals surface area (Å²) in [5, 5.41) is 31.9. The molecule has 2 aliphatic rings. The Morgan fingerprint density at radius 3 is 2.33 bits per heavy atom. The van der Waals surface area contributed by atoms with Crippen LogP contribution in [0, 0.1) is 34.5 Å². The fourth-order valence-corrected chi connectivity index (χ4v) is 6.55. The molecule has 2 amide bonds. The normalized spacial score (nSPS) is 18.6. The molecule has 5 rings (SSSR count). The number of pyridine rings is 1. The van der Waals surface area contributed by atoms with Gasteiger partial charge in [-0.2, -0.15) is 0 Å². The number of carbonyl (C=O) groups excluding carboxylic acids is 1. The third kappa shape index (κ3) is 10.4. The minimum atomic E-state index is -2.34. The first-order valence-electron chi connectivity index (χ1n) is 17.7. The lowest BCUT2D eigenvalue weighted by molar-refractivity contribution is 0.0697. The van der Waals surface area contributed by atoms with Gasteiger partial charge in [0.15, 0.2) is 0 Å². The maximum Gasteiger partial charge on any atom is 0.320 e. The van der Waals surface area contributed by atoms with Crippen molar-refractivity contribution in [1.82, 2.24) is 20.1 Å². The van der Waals surface area contributed by atoms with Gasteiger partial charge in [-0.25, -0.2) is 18.6 Å². The van der Waals surface area contributed by atoms with Gasteiger partial charge in [-0.15, -0.1) is 0 Å². The van der Waals surface area contributed by atoms with Crippen molar-refractivity contribution >= 4 is 29.1 Å². The number of nitrogens with one attached hydrogen (secondary N) is 5. The highest BCUT2D eigenvalue weighted by Gasteiger charge is 2.30. The molecule has 0 spiro atoms. The number of halogens is 2. The number of fused-ring (bicyclic) bond motifs is 1. The molecule has 2 heterocycles. The Kier molecular flexibility index (Phi) is 12.2. The van der Waals surface area contributed by atoms with Gasteiger partial charge in [-0.05, 0) is 92.4 Å². The molecule has 2 unspecified atom stereocenters. The topological polar surface area (TPSA) is 142 Å². The lowest BCUT2D eigenvalue weighted by Crippen LogP contribution is -2.43. The van der Waals surface area contributed by atoms with Gasteiger partial charge < -0.3 is 15.5 Å². The average Bonchev–Trinajstić information content (AvgIpc) is 3.08. The van der Waals surface area contributed by atoms with Crippen molar-refractivity contribution in [2.45, 2.75) is 84.8 Å². The van der Waals surface area contributed by atoms with Crippen molar-refractivity contribution in [1.29, 1.82) is 16.2 Å². The third-order valence-corrected chi connectivity index (χ3v) is 9.62. The number of likely N-dealkylation sites (tertiary alicyclic amines) is 1. The molecule has 0 bridgehead atoms. The largest absolute Gasteiger partial charge is 0.484 e. The van der Waals surface area contributed by atoms with E-state index in [4.69, 9.17) is 21.0 Å². The highest BCUT2D eigenvalue weighted by Crippen LogP contribution is 2.38. The summed E-state index contributed by atoms with van der Waals surface area (Å²) in [6.07, 6.45) is 2.43. The van der Waals surface area contributed by atoms with E-state index in [1.54, 1.807) is 23.2 Å². The number of ether oxygens (including phenoxy) is 1. The van der Waals surface area contributed by atoms with E-state index < -0.39 is 12.5 Å². The number of benzene rings is 2. The van der Waals surface area contributed by atoms with Gasteiger partial charge in [-0.3, -0.25) is 25.6 Å². The van der Waals surface area contributed by atoms with Crippen molar-refractivity contribution in [3.05, 3.63) is 89.0 Å². The summed E-state index contributed by atoms with van der Waals surface area (Å²) in [5.74, 6) is 1.41. The molecular weight excluding hydrogens is 650 g/mol. The smallest absolute Gasteiger partial charge is 0.320 e. The third-order valence-electron chi connectivity index (χ3n) is 9.62. The average molecular weight is 701 g/mol. The number of carbonyl (C=O) groups is 1. The van der Waals surface area contributed by atoms with Crippen molar-refractivity contribution in [3.8, 4) is 5.75 Å². The van der Waals surface area contributed by atoms with Crippen LogP contribution in [0.25, 0.3) is 0 Å². The van der Waals surface area contributed by atoms with Crippen molar-refractivity contribution < 1.29 is 18.3 Å².